The summed E-state index contributed by atoms with van der Waals surface area (Å²) in [6.45, 7) is 1.93. The second kappa shape index (κ2) is 6.56. The standard InChI is InChI=1S/C15H17N3O2/c1-12-5-7-14(8-6-12)20-11-15(19)17-16-10-13-4-3-9-18(13)2/h3-10H,11H2,1-2H3,(H,17,19). The highest BCUT2D eigenvalue weighted by Crippen LogP contribution is 2.10. The molecule has 1 N–H and O–H groups in total. The van der Waals surface area contributed by atoms with Gasteiger partial charge in [-0.25, -0.2) is 5.43 Å². The fourth-order valence-corrected chi connectivity index (χ4v) is 1.59. The van der Waals surface area contributed by atoms with Crippen molar-refractivity contribution in [3.05, 3.63) is 53.9 Å². The number of amides is 1. The van der Waals surface area contributed by atoms with Gasteiger partial charge in [0.05, 0.1) is 11.9 Å². The van der Waals surface area contributed by atoms with Crippen LogP contribution in [0.3, 0.4) is 0 Å². The highest BCUT2D eigenvalue weighted by Gasteiger charge is 2.01. The lowest BCUT2D eigenvalue weighted by Gasteiger charge is -2.05. The molecule has 5 heteroatoms. The maximum Gasteiger partial charge on any atom is 0.277 e. The Morgan fingerprint density at radius 1 is 1.35 bits per heavy atom. The highest BCUT2D eigenvalue weighted by molar-refractivity contribution is 5.81. The van der Waals surface area contributed by atoms with Crippen LogP contribution in [0.15, 0.2) is 47.7 Å². The van der Waals surface area contributed by atoms with Crippen molar-refractivity contribution in [3.63, 3.8) is 0 Å². The van der Waals surface area contributed by atoms with Gasteiger partial charge in [-0.05, 0) is 31.2 Å². The number of rotatable bonds is 5. The molecule has 104 valence electrons. The zero-order valence-corrected chi connectivity index (χ0v) is 11.5. The normalized spacial score (nSPS) is 10.7. The van der Waals surface area contributed by atoms with Crippen LogP contribution in [0.4, 0.5) is 0 Å². The number of aryl methyl sites for hydroxylation is 2. The number of nitrogens with one attached hydrogen (secondary N) is 1. The lowest BCUT2D eigenvalue weighted by atomic mass is 10.2. The van der Waals surface area contributed by atoms with Crippen molar-refractivity contribution in [2.24, 2.45) is 12.1 Å². The van der Waals surface area contributed by atoms with E-state index in [-0.39, 0.29) is 12.5 Å². The second-order valence-corrected chi connectivity index (χ2v) is 4.44. The summed E-state index contributed by atoms with van der Waals surface area (Å²) in [5.41, 5.74) is 4.48. The van der Waals surface area contributed by atoms with Crippen LogP contribution in [0.2, 0.25) is 0 Å². The fourth-order valence-electron chi connectivity index (χ4n) is 1.59. The molecule has 0 unspecified atom stereocenters. The van der Waals surface area contributed by atoms with Gasteiger partial charge in [-0.15, -0.1) is 0 Å². The average Bonchev–Trinajstić information content (AvgIpc) is 2.84. The Kier molecular flexibility index (Phi) is 4.55. The van der Waals surface area contributed by atoms with E-state index in [1.165, 1.54) is 0 Å². The highest BCUT2D eigenvalue weighted by atomic mass is 16.5. The molecule has 0 atom stereocenters. The molecule has 0 radical (unpaired) electrons. The minimum absolute atomic E-state index is 0.0620. The molecule has 2 rings (SSSR count). The number of hydrazone groups is 1. The lowest BCUT2D eigenvalue weighted by Crippen LogP contribution is -2.24. The first kappa shape index (κ1) is 13.9. The van der Waals surface area contributed by atoms with Crippen LogP contribution in [0.1, 0.15) is 11.3 Å². The maximum atomic E-state index is 11.5. The number of aromatic nitrogens is 1. The molecule has 1 heterocycles. The molecule has 0 aliphatic carbocycles. The van der Waals surface area contributed by atoms with Crippen LogP contribution in [-0.2, 0) is 11.8 Å². The van der Waals surface area contributed by atoms with E-state index in [1.54, 1.807) is 6.21 Å². The van der Waals surface area contributed by atoms with Crippen molar-refractivity contribution in [1.82, 2.24) is 9.99 Å². The summed E-state index contributed by atoms with van der Waals surface area (Å²) >= 11 is 0. The summed E-state index contributed by atoms with van der Waals surface area (Å²) in [4.78, 5) is 11.5. The number of carbonyl (C=O) groups excluding carboxylic acids is 1. The number of nitrogens with zero attached hydrogens (tertiary/aromatic N) is 2. The van der Waals surface area contributed by atoms with Gasteiger partial charge in [-0.1, -0.05) is 17.7 Å². The Morgan fingerprint density at radius 2 is 2.10 bits per heavy atom. The molecule has 0 fully saturated rings. The minimum atomic E-state index is -0.295. The third-order valence-electron chi connectivity index (χ3n) is 2.76. The molecule has 0 aliphatic rings. The van der Waals surface area contributed by atoms with Crippen molar-refractivity contribution in [1.29, 1.82) is 0 Å². The number of carbonyl (C=O) groups is 1. The Balaban J connectivity index is 1.77. The van der Waals surface area contributed by atoms with Crippen LogP contribution in [0.5, 0.6) is 5.75 Å². The van der Waals surface area contributed by atoms with Gasteiger partial charge >= 0.3 is 0 Å². The quantitative estimate of drug-likeness (QED) is 0.666. The van der Waals surface area contributed by atoms with Crippen LogP contribution >= 0.6 is 0 Å². The van der Waals surface area contributed by atoms with Crippen LogP contribution in [0.25, 0.3) is 0 Å². The molecule has 0 spiro atoms. The molecule has 1 aromatic carbocycles. The second-order valence-electron chi connectivity index (χ2n) is 4.44. The third kappa shape index (κ3) is 3.98. The first-order valence-electron chi connectivity index (χ1n) is 6.28. The maximum absolute atomic E-state index is 11.5. The predicted octanol–water partition coefficient (Wildman–Crippen LogP) is 1.86. The molecule has 5 nitrogen and oxygen atoms in total. The van der Waals surface area contributed by atoms with E-state index in [9.17, 15) is 4.79 Å². The third-order valence-corrected chi connectivity index (χ3v) is 2.76. The van der Waals surface area contributed by atoms with E-state index < -0.39 is 0 Å². The number of hydrogen-bond donors (Lipinski definition) is 1. The van der Waals surface area contributed by atoms with E-state index in [2.05, 4.69) is 10.5 Å². The smallest absolute Gasteiger partial charge is 0.277 e. The van der Waals surface area contributed by atoms with Crippen molar-refractivity contribution in [2.45, 2.75) is 6.92 Å². The summed E-state index contributed by atoms with van der Waals surface area (Å²) in [5, 5.41) is 3.88. The Morgan fingerprint density at radius 3 is 2.75 bits per heavy atom. The molecule has 1 aromatic heterocycles. The molecule has 0 saturated carbocycles. The fraction of sp³-hybridized carbons (Fsp3) is 0.200. The van der Waals surface area contributed by atoms with Gasteiger partial charge in [0.25, 0.3) is 5.91 Å². The largest absolute Gasteiger partial charge is 0.484 e. The summed E-state index contributed by atoms with van der Waals surface area (Å²) in [5.74, 6) is 0.369. The zero-order chi connectivity index (χ0) is 14.4. The van der Waals surface area contributed by atoms with Gasteiger partial charge in [-0.2, -0.15) is 5.10 Å². The van der Waals surface area contributed by atoms with Crippen molar-refractivity contribution >= 4 is 12.1 Å². The molecule has 0 bridgehead atoms. The van der Waals surface area contributed by atoms with E-state index in [0.717, 1.165) is 11.3 Å². The van der Waals surface area contributed by atoms with E-state index in [4.69, 9.17) is 4.74 Å². The predicted molar refractivity (Wildman–Crippen MR) is 77.8 cm³/mol. The molecule has 0 aliphatic heterocycles. The Labute approximate surface area is 117 Å². The molecule has 20 heavy (non-hydrogen) atoms. The van der Waals surface area contributed by atoms with Gasteiger partial charge in [0.15, 0.2) is 6.61 Å². The molecular formula is C15H17N3O2. The first-order chi connectivity index (χ1) is 9.65. The zero-order valence-electron chi connectivity index (χ0n) is 11.5. The molecule has 2 aromatic rings. The topological polar surface area (TPSA) is 55.6 Å². The summed E-state index contributed by atoms with van der Waals surface area (Å²) in [6, 6.07) is 11.3. The van der Waals surface area contributed by atoms with Crippen LogP contribution < -0.4 is 10.2 Å². The number of hydrogen-bond acceptors (Lipinski definition) is 3. The van der Waals surface area contributed by atoms with E-state index in [1.807, 2.05) is 61.1 Å². The van der Waals surface area contributed by atoms with Crippen LogP contribution in [0, 0.1) is 6.92 Å². The molecular weight excluding hydrogens is 254 g/mol. The lowest BCUT2D eigenvalue weighted by molar-refractivity contribution is -0.123. The summed E-state index contributed by atoms with van der Waals surface area (Å²) < 4.78 is 7.24. The minimum Gasteiger partial charge on any atom is -0.484 e. The monoisotopic (exact) mass is 271 g/mol. The molecule has 0 saturated heterocycles. The van der Waals surface area contributed by atoms with E-state index >= 15 is 0 Å². The first-order valence-corrected chi connectivity index (χ1v) is 6.28. The van der Waals surface area contributed by atoms with Crippen LogP contribution in [-0.4, -0.2) is 23.3 Å². The number of benzene rings is 1. The van der Waals surface area contributed by atoms with E-state index in [0.29, 0.717) is 5.75 Å². The Hall–Kier alpha value is -2.56. The summed E-state index contributed by atoms with van der Waals surface area (Å²) in [7, 11) is 1.91. The van der Waals surface area contributed by atoms with Gasteiger partial charge in [0, 0.05) is 13.2 Å². The van der Waals surface area contributed by atoms with Crippen molar-refractivity contribution < 1.29 is 9.53 Å². The Bertz CT molecular complexity index is 600. The van der Waals surface area contributed by atoms with Gasteiger partial charge in [-0.3, -0.25) is 4.79 Å². The SMILES string of the molecule is Cc1ccc(OCC(=O)NN=Cc2cccn2C)cc1. The van der Waals surface area contributed by atoms with Gasteiger partial charge in [0.2, 0.25) is 0 Å². The molecule has 1 amide bonds. The summed E-state index contributed by atoms with van der Waals surface area (Å²) in [6.07, 6.45) is 3.49. The van der Waals surface area contributed by atoms with Crippen molar-refractivity contribution in [3.8, 4) is 5.75 Å². The van der Waals surface area contributed by atoms with Gasteiger partial charge < -0.3 is 9.30 Å². The average molecular weight is 271 g/mol. The van der Waals surface area contributed by atoms with Gasteiger partial charge in [0.1, 0.15) is 5.75 Å². The van der Waals surface area contributed by atoms with Crippen molar-refractivity contribution in [2.75, 3.05) is 6.61 Å². The number of ether oxygens (including phenoxy) is 1.